The fourth-order valence-corrected chi connectivity index (χ4v) is 3.57. The summed E-state index contributed by atoms with van der Waals surface area (Å²) in [6, 6.07) is 4.01. The molecule has 0 saturated carbocycles. The number of nitrogens with zero attached hydrogens (tertiary/aromatic N) is 2. The number of piperidine rings is 3. The Hall–Kier alpha value is -1.88. The van der Waals surface area contributed by atoms with Crippen molar-refractivity contribution in [1.29, 1.82) is 0 Å². The van der Waals surface area contributed by atoms with Crippen LogP contribution >= 0.6 is 0 Å². The maximum Gasteiger partial charge on any atom is 0.270 e. The third-order valence-electron chi connectivity index (χ3n) is 4.73. The predicted octanol–water partition coefficient (Wildman–Crippen LogP) is 1.96. The van der Waals surface area contributed by atoms with Crippen molar-refractivity contribution in [3.05, 3.63) is 29.8 Å². The first kappa shape index (κ1) is 12.8. The molecule has 0 radical (unpaired) electrons. The average Bonchev–Trinajstić information content (AvgIpc) is 2.87. The summed E-state index contributed by atoms with van der Waals surface area (Å²) in [7, 11) is 0. The molecule has 3 aliphatic heterocycles. The van der Waals surface area contributed by atoms with Gasteiger partial charge < -0.3 is 14.6 Å². The summed E-state index contributed by atoms with van der Waals surface area (Å²) in [5, 5.41) is 4.10. The lowest BCUT2D eigenvalue weighted by molar-refractivity contribution is 0.0618. The van der Waals surface area contributed by atoms with E-state index in [0.717, 1.165) is 23.3 Å². The number of furan rings is 1. The van der Waals surface area contributed by atoms with Gasteiger partial charge in [0.25, 0.3) is 5.91 Å². The number of hydrogen-bond acceptors (Lipinski definition) is 4. The van der Waals surface area contributed by atoms with E-state index in [1.165, 1.54) is 25.9 Å². The van der Waals surface area contributed by atoms with Crippen molar-refractivity contribution in [1.82, 2.24) is 15.2 Å². The van der Waals surface area contributed by atoms with Gasteiger partial charge in [0.05, 0.1) is 6.20 Å². The maximum absolute atomic E-state index is 12.4. The summed E-state index contributed by atoms with van der Waals surface area (Å²) in [4.78, 5) is 19.1. The molecule has 110 valence electrons. The lowest BCUT2D eigenvalue weighted by Gasteiger charge is -2.44. The maximum atomic E-state index is 12.4. The number of amides is 1. The minimum absolute atomic E-state index is 0.0745. The second kappa shape index (κ2) is 4.84. The Balaban J connectivity index is 1.53. The van der Waals surface area contributed by atoms with Crippen LogP contribution in [-0.2, 0) is 0 Å². The lowest BCUT2D eigenvalue weighted by atomic mass is 9.84. The Morgan fingerprint density at radius 2 is 2.19 bits per heavy atom. The highest BCUT2D eigenvalue weighted by molar-refractivity contribution is 5.95. The molecule has 5 rings (SSSR count). The molecule has 0 spiro atoms. The minimum atomic E-state index is -0.0745. The third-order valence-corrected chi connectivity index (χ3v) is 4.73. The van der Waals surface area contributed by atoms with Crippen molar-refractivity contribution in [2.45, 2.75) is 25.8 Å². The SMILES string of the molecule is Cc1cc2cc(C(=O)N[C@H]3CN4CCC3CC4)ncc2o1. The molecule has 3 aliphatic rings. The number of aryl methyl sites for hydroxylation is 1. The predicted molar refractivity (Wildman–Crippen MR) is 79.2 cm³/mol. The molecule has 5 heterocycles. The lowest BCUT2D eigenvalue weighted by Crippen LogP contribution is -2.57. The zero-order valence-corrected chi connectivity index (χ0v) is 12.1. The summed E-state index contributed by atoms with van der Waals surface area (Å²) in [6.07, 6.45) is 4.02. The van der Waals surface area contributed by atoms with Crippen molar-refractivity contribution >= 4 is 16.9 Å². The fourth-order valence-electron chi connectivity index (χ4n) is 3.57. The summed E-state index contributed by atoms with van der Waals surface area (Å²) in [6.45, 7) is 5.22. The van der Waals surface area contributed by atoms with Crippen LogP contribution in [0.4, 0.5) is 0 Å². The second-order valence-electron chi connectivity index (χ2n) is 6.18. The van der Waals surface area contributed by atoms with Gasteiger partial charge in [-0.2, -0.15) is 0 Å². The largest absolute Gasteiger partial charge is 0.460 e. The first-order valence-electron chi connectivity index (χ1n) is 7.58. The Kier molecular flexibility index (Phi) is 2.96. The summed E-state index contributed by atoms with van der Waals surface area (Å²) in [5.74, 6) is 1.38. The summed E-state index contributed by atoms with van der Waals surface area (Å²) >= 11 is 0. The monoisotopic (exact) mass is 285 g/mol. The van der Waals surface area contributed by atoms with Crippen LogP contribution in [0.25, 0.3) is 11.0 Å². The molecule has 1 amide bonds. The van der Waals surface area contributed by atoms with E-state index in [1.807, 2.05) is 19.1 Å². The van der Waals surface area contributed by atoms with Crippen LogP contribution in [0.1, 0.15) is 29.1 Å². The first-order valence-corrected chi connectivity index (χ1v) is 7.58. The molecule has 0 aliphatic carbocycles. The molecule has 3 fully saturated rings. The van der Waals surface area contributed by atoms with E-state index in [4.69, 9.17) is 4.42 Å². The topological polar surface area (TPSA) is 58.4 Å². The van der Waals surface area contributed by atoms with E-state index in [-0.39, 0.29) is 11.9 Å². The number of carbonyl (C=O) groups excluding carboxylic acids is 1. The molecule has 1 atom stereocenters. The molecule has 5 nitrogen and oxygen atoms in total. The van der Waals surface area contributed by atoms with Crippen LogP contribution < -0.4 is 5.32 Å². The highest BCUT2D eigenvalue weighted by atomic mass is 16.3. The number of rotatable bonds is 2. The van der Waals surface area contributed by atoms with Crippen molar-refractivity contribution in [2.24, 2.45) is 5.92 Å². The molecule has 21 heavy (non-hydrogen) atoms. The van der Waals surface area contributed by atoms with Crippen molar-refractivity contribution < 1.29 is 9.21 Å². The standard InChI is InChI=1S/C16H19N3O2/c1-10-6-12-7-13(17-8-15(12)21-10)16(20)18-14-9-19-4-2-11(14)3-5-19/h6-8,11,14H,2-5,9H2,1H3,(H,18,20)/t14-/m0/s1. The van der Waals surface area contributed by atoms with Gasteiger partial charge in [-0.25, -0.2) is 4.98 Å². The Morgan fingerprint density at radius 3 is 2.90 bits per heavy atom. The van der Waals surface area contributed by atoms with E-state index in [9.17, 15) is 4.79 Å². The number of aromatic nitrogens is 1. The molecule has 3 saturated heterocycles. The number of fused-ring (bicyclic) bond motifs is 4. The van der Waals surface area contributed by atoms with Gasteiger partial charge in [-0.15, -0.1) is 0 Å². The van der Waals surface area contributed by atoms with Crippen LogP contribution in [0.15, 0.2) is 22.7 Å². The van der Waals surface area contributed by atoms with E-state index in [0.29, 0.717) is 11.6 Å². The molecule has 2 bridgehead atoms. The van der Waals surface area contributed by atoms with Crippen LogP contribution in [0.5, 0.6) is 0 Å². The number of hydrogen-bond donors (Lipinski definition) is 1. The molecular weight excluding hydrogens is 266 g/mol. The Labute approximate surface area is 123 Å². The third kappa shape index (κ3) is 2.31. The van der Waals surface area contributed by atoms with E-state index < -0.39 is 0 Å². The van der Waals surface area contributed by atoms with Gasteiger partial charge in [-0.1, -0.05) is 0 Å². The van der Waals surface area contributed by atoms with Crippen LogP contribution in [0.2, 0.25) is 0 Å². The minimum Gasteiger partial charge on any atom is -0.460 e. The van der Waals surface area contributed by atoms with Gasteiger partial charge in [-0.3, -0.25) is 4.79 Å². The van der Waals surface area contributed by atoms with E-state index in [2.05, 4.69) is 15.2 Å². The zero-order valence-electron chi connectivity index (χ0n) is 12.1. The molecule has 2 aromatic rings. The highest BCUT2D eigenvalue weighted by Crippen LogP contribution is 2.27. The van der Waals surface area contributed by atoms with Gasteiger partial charge in [0.1, 0.15) is 11.5 Å². The first-order chi connectivity index (χ1) is 10.2. The number of carbonyl (C=O) groups is 1. The van der Waals surface area contributed by atoms with Crippen LogP contribution in [0.3, 0.4) is 0 Å². The van der Waals surface area contributed by atoms with Gasteiger partial charge in [0.2, 0.25) is 0 Å². The van der Waals surface area contributed by atoms with Gasteiger partial charge in [-0.05, 0) is 50.9 Å². The van der Waals surface area contributed by atoms with Crippen molar-refractivity contribution in [2.75, 3.05) is 19.6 Å². The van der Waals surface area contributed by atoms with Crippen molar-refractivity contribution in [3.8, 4) is 0 Å². The molecule has 1 N–H and O–H groups in total. The van der Waals surface area contributed by atoms with E-state index in [1.54, 1.807) is 6.20 Å². The van der Waals surface area contributed by atoms with Crippen LogP contribution in [-0.4, -0.2) is 41.5 Å². The van der Waals surface area contributed by atoms with Gasteiger partial charge in [0, 0.05) is 18.0 Å². The molecule has 0 unspecified atom stereocenters. The number of pyridine rings is 1. The smallest absolute Gasteiger partial charge is 0.270 e. The van der Waals surface area contributed by atoms with Gasteiger partial charge >= 0.3 is 0 Å². The molecule has 0 aromatic carbocycles. The Bertz CT molecular complexity index is 686. The molecular formula is C16H19N3O2. The quantitative estimate of drug-likeness (QED) is 0.916. The average molecular weight is 285 g/mol. The number of nitrogens with one attached hydrogen (secondary N) is 1. The highest BCUT2D eigenvalue weighted by Gasteiger charge is 2.35. The summed E-state index contributed by atoms with van der Waals surface area (Å²) in [5.41, 5.74) is 1.20. The summed E-state index contributed by atoms with van der Waals surface area (Å²) < 4.78 is 5.49. The van der Waals surface area contributed by atoms with Crippen LogP contribution in [0, 0.1) is 12.8 Å². The molecule has 5 heteroatoms. The van der Waals surface area contributed by atoms with Gasteiger partial charge in [0.15, 0.2) is 5.58 Å². The Morgan fingerprint density at radius 1 is 1.38 bits per heavy atom. The normalized spacial score (nSPS) is 28.0. The van der Waals surface area contributed by atoms with E-state index >= 15 is 0 Å². The second-order valence-corrected chi connectivity index (χ2v) is 6.18. The zero-order chi connectivity index (χ0) is 14.4. The van der Waals surface area contributed by atoms with Crippen molar-refractivity contribution in [3.63, 3.8) is 0 Å². The fraction of sp³-hybridized carbons (Fsp3) is 0.500. The molecule has 2 aromatic heterocycles.